The first-order valence-corrected chi connectivity index (χ1v) is 8.26. The SMILES string of the molecule is COc1ccc(N2Bc3ccccc3BN2c2ccc(F)cc2)cc1. The highest BCUT2D eigenvalue weighted by Gasteiger charge is 2.27. The van der Waals surface area contributed by atoms with Gasteiger partial charge >= 0.3 is 0 Å². The first-order valence-electron chi connectivity index (χ1n) is 8.26. The third-order valence-corrected chi connectivity index (χ3v) is 4.55. The lowest BCUT2D eigenvalue weighted by Crippen LogP contribution is -2.63. The standard InChI is InChI=1S/C19H17B2FN2O/c1-25-17-12-10-16(11-13-17)24-21-19-5-3-2-4-18(19)20-23(24)15-8-6-14(22)7-9-15/h2-13,20-21H,1H3. The van der Waals surface area contributed by atoms with Crippen molar-refractivity contribution >= 4 is 37.1 Å². The second kappa shape index (κ2) is 6.55. The van der Waals surface area contributed by atoms with E-state index in [9.17, 15) is 4.39 Å². The van der Waals surface area contributed by atoms with Crippen LogP contribution in [0.1, 0.15) is 0 Å². The van der Waals surface area contributed by atoms with Crippen LogP contribution in [0.4, 0.5) is 15.8 Å². The van der Waals surface area contributed by atoms with Crippen molar-refractivity contribution in [3.05, 3.63) is 78.6 Å². The van der Waals surface area contributed by atoms with Gasteiger partial charge in [0.2, 0.25) is 0 Å². The molecule has 3 nitrogen and oxygen atoms in total. The molecule has 0 unspecified atom stereocenters. The number of anilines is 2. The quantitative estimate of drug-likeness (QED) is 0.681. The van der Waals surface area contributed by atoms with Crippen molar-refractivity contribution in [2.24, 2.45) is 0 Å². The zero-order chi connectivity index (χ0) is 17.2. The molecule has 0 aliphatic carbocycles. The van der Waals surface area contributed by atoms with E-state index in [0.29, 0.717) is 0 Å². The van der Waals surface area contributed by atoms with Crippen molar-refractivity contribution in [3.63, 3.8) is 0 Å². The Morgan fingerprint density at radius 3 is 1.68 bits per heavy atom. The molecule has 1 aliphatic heterocycles. The number of ether oxygens (including phenoxy) is 1. The van der Waals surface area contributed by atoms with Gasteiger partial charge in [0.05, 0.1) is 7.11 Å². The number of methoxy groups -OCH3 is 1. The maximum atomic E-state index is 13.4. The number of rotatable bonds is 3. The number of benzene rings is 3. The minimum atomic E-state index is -0.225. The van der Waals surface area contributed by atoms with Crippen molar-refractivity contribution in [1.29, 1.82) is 0 Å². The highest BCUT2D eigenvalue weighted by molar-refractivity contribution is 6.76. The topological polar surface area (TPSA) is 15.7 Å². The predicted octanol–water partition coefficient (Wildman–Crippen LogP) is 1.73. The molecule has 0 spiro atoms. The van der Waals surface area contributed by atoms with Crippen LogP contribution in [0.15, 0.2) is 72.8 Å². The molecular weight excluding hydrogens is 313 g/mol. The third kappa shape index (κ3) is 3.07. The van der Waals surface area contributed by atoms with E-state index < -0.39 is 0 Å². The lowest BCUT2D eigenvalue weighted by Gasteiger charge is -2.42. The summed E-state index contributed by atoms with van der Waals surface area (Å²) < 4.78 is 18.6. The lowest BCUT2D eigenvalue weighted by molar-refractivity contribution is 0.415. The molecular formula is C19H17B2FN2O. The van der Waals surface area contributed by atoms with Crippen molar-refractivity contribution in [2.75, 3.05) is 16.9 Å². The van der Waals surface area contributed by atoms with Gasteiger partial charge in [-0.25, -0.2) is 4.39 Å². The fraction of sp³-hybridized carbons (Fsp3) is 0.0526. The Morgan fingerprint density at radius 1 is 0.720 bits per heavy atom. The molecule has 0 radical (unpaired) electrons. The van der Waals surface area contributed by atoms with Gasteiger partial charge in [-0.1, -0.05) is 35.2 Å². The Bertz CT molecular complexity index is 871. The van der Waals surface area contributed by atoms with Crippen LogP contribution in [-0.4, -0.2) is 21.9 Å². The highest BCUT2D eigenvalue weighted by atomic mass is 19.1. The minimum absolute atomic E-state index is 0.225. The average Bonchev–Trinajstić information content (AvgIpc) is 2.68. The van der Waals surface area contributed by atoms with E-state index >= 15 is 0 Å². The Hall–Kier alpha value is -2.88. The summed E-state index contributed by atoms with van der Waals surface area (Å²) in [5.41, 5.74) is 4.62. The number of fused-ring (bicyclic) bond motifs is 1. The largest absolute Gasteiger partial charge is 0.497 e. The van der Waals surface area contributed by atoms with Crippen LogP contribution >= 0.6 is 0 Å². The summed E-state index contributed by atoms with van der Waals surface area (Å²) in [5, 5.41) is 0. The number of hydrogen-bond acceptors (Lipinski definition) is 3. The normalized spacial score (nSPS) is 12.9. The van der Waals surface area contributed by atoms with Gasteiger partial charge in [0, 0.05) is 11.4 Å². The lowest BCUT2D eigenvalue weighted by atomic mass is 9.63. The van der Waals surface area contributed by atoms with Crippen LogP contribution in [-0.2, 0) is 0 Å². The molecule has 0 bridgehead atoms. The van der Waals surface area contributed by atoms with E-state index in [-0.39, 0.29) is 5.82 Å². The molecule has 4 rings (SSSR count). The summed E-state index contributed by atoms with van der Waals surface area (Å²) >= 11 is 0. The van der Waals surface area contributed by atoms with Crippen LogP contribution in [0.5, 0.6) is 5.75 Å². The zero-order valence-electron chi connectivity index (χ0n) is 14.0. The second-order valence-electron chi connectivity index (χ2n) is 6.06. The van der Waals surface area contributed by atoms with Crippen molar-refractivity contribution in [3.8, 4) is 5.75 Å². The van der Waals surface area contributed by atoms with Crippen molar-refractivity contribution in [1.82, 2.24) is 0 Å². The van der Waals surface area contributed by atoms with E-state index in [1.165, 1.54) is 23.1 Å². The molecule has 6 heteroatoms. The third-order valence-electron chi connectivity index (χ3n) is 4.55. The van der Waals surface area contributed by atoms with Crippen LogP contribution in [0.25, 0.3) is 0 Å². The van der Waals surface area contributed by atoms with Gasteiger partial charge in [0.15, 0.2) is 0 Å². The van der Waals surface area contributed by atoms with E-state index in [4.69, 9.17) is 4.74 Å². The zero-order valence-corrected chi connectivity index (χ0v) is 14.0. The summed E-state index contributed by atoms with van der Waals surface area (Å²) in [4.78, 5) is 4.40. The first-order chi connectivity index (χ1) is 12.2. The molecule has 1 aliphatic rings. The maximum absolute atomic E-state index is 13.4. The molecule has 0 amide bonds. The van der Waals surface area contributed by atoms with Gasteiger partial charge in [-0.15, -0.1) is 0 Å². The number of hydrazine groups is 1. The molecule has 3 aromatic rings. The van der Waals surface area contributed by atoms with Gasteiger partial charge in [0.25, 0.3) is 14.8 Å². The fourth-order valence-electron chi connectivity index (χ4n) is 3.19. The van der Waals surface area contributed by atoms with Gasteiger partial charge in [-0.2, -0.15) is 0 Å². The Labute approximate surface area is 148 Å². The second-order valence-corrected chi connectivity index (χ2v) is 6.06. The highest BCUT2D eigenvalue weighted by Crippen LogP contribution is 2.25. The van der Waals surface area contributed by atoms with Crippen molar-refractivity contribution < 1.29 is 9.13 Å². The fourth-order valence-corrected chi connectivity index (χ4v) is 3.19. The van der Waals surface area contributed by atoms with Gasteiger partial charge in [0.1, 0.15) is 11.6 Å². The smallest absolute Gasteiger partial charge is 0.294 e. The Kier molecular flexibility index (Phi) is 4.10. The summed E-state index contributed by atoms with van der Waals surface area (Å²) in [6, 6.07) is 23.1. The minimum Gasteiger partial charge on any atom is -0.497 e. The summed E-state index contributed by atoms with van der Waals surface area (Å²) in [7, 11) is 3.17. The number of halogens is 1. The first kappa shape index (κ1) is 15.6. The predicted molar refractivity (Wildman–Crippen MR) is 104 cm³/mol. The molecule has 0 fully saturated rings. The van der Waals surface area contributed by atoms with Crippen LogP contribution in [0.2, 0.25) is 0 Å². The average molecular weight is 330 g/mol. The number of hydrogen-bond donors (Lipinski definition) is 0. The van der Waals surface area contributed by atoms with E-state index in [1.54, 1.807) is 7.11 Å². The number of nitrogens with zero attached hydrogens (tertiary/aromatic N) is 2. The summed E-state index contributed by atoms with van der Waals surface area (Å²) in [5.74, 6) is 0.603. The molecule has 0 atom stereocenters. The Balaban J connectivity index is 1.75. The van der Waals surface area contributed by atoms with Gasteiger partial charge in [-0.05, 0) is 48.5 Å². The summed E-state index contributed by atoms with van der Waals surface area (Å²) in [6.45, 7) is 0. The molecule has 0 saturated heterocycles. The molecule has 0 saturated carbocycles. The maximum Gasteiger partial charge on any atom is 0.294 e. The molecule has 3 aromatic carbocycles. The Morgan fingerprint density at radius 2 is 1.20 bits per heavy atom. The van der Waals surface area contributed by atoms with Crippen LogP contribution < -0.4 is 25.5 Å². The molecule has 25 heavy (non-hydrogen) atoms. The summed E-state index contributed by atoms with van der Waals surface area (Å²) in [6.07, 6.45) is 0. The van der Waals surface area contributed by atoms with Crippen LogP contribution in [0, 0.1) is 5.82 Å². The van der Waals surface area contributed by atoms with Crippen LogP contribution in [0.3, 0.4) is 0 Å². The van der Waals surface area contributed by atoms with Gasteiger partial charge < -0.3 is 14.6 Å². The van der Waals surface area contributed by atoms with Crippen molar-refractivity contribution in [2.45, 2.75) is 0 Å². The van der Waals surface area contributed by atoms with Gasteiger partial charge in [-0.3, -0.25) is 0 Å². The van der Waals surface area contributed by atoms with E-state index in [0.717, 1.165) is 32.0 Å². The molecule has 1 heterocycles. The van der Waals surface area contributed by atoms with E-state index in [2.05, 4.69) is 34.1 Å². The molecule has 0 aromatic heterocycles. The monoisotopic (exact) mass is 330 g/mol. The molecule has 122 valence electrons. The molecule has 0 N–H and O–H groups in total. The van der Waals surface area contributed by atoms with E-state index in [1.807, 2.05) is 36.4 Å².